The standard InChI is InChI=1S/C17H18INO2/c1-2-13-3-9-16(10-4-13)21-12-11-19-17(20)14-5-7-15(18)8-6-14/h3-10H,2,11-12H2,1H3,(H,19,20). The number of hydrogen-bond donors (Lipinski definition) is 1. The molecule has 0 heterocycles. The van der Waals surface area contributed by atoms with Crippen LogP contribution in [0.2, 0.25) is 0 Å². The molecular weight excluding hydrogens is 377 g/mol. The molecule has 2 aromatic rings. The monoisotopic (exact) mass is 395 g/mol. The van der Waals surface area contributed by atoms with Crippen LogP contribution in [0.5, 0.6) is 5.75 Å². The summed E-state index contributed by atoms with van der Waals surface area (Å²) in [6.07, 6.45) is 1.02. The summed E-state index contributed by atoms with van der Waals surface area (Å²) in [4.78, 5) is 11.9. The molecule has 0 radical (unpaired) electrons. The van der Waals surface area contributed by atoms with E-state index >= 15 is 0 Å². The van der Waals surface area contributed by atoms with Gasteiger partial charge in [0.1, 0.15) is 12.4 Å². The van der Waals surface area contributed by atoms with Gasteiger partial charge in [0, 0.05) is 9.13 Å². The first-order chi connectivity index (χ1) is 10.2. The van der Waals surface area contributed by atoms with Crippen molar-refractivity contribution in [3.63, 3.8) is 0 Å². The fourth-order valence-electron chi connectivity index (χ4n) is 1.86. The van der Waals surface area contributed by atoms with Gasteiger partial charge in [0.2, 0.25) is 0 Å². The lowest BCUT2D eigenvalue weighted by Crippen LogP contribution is -2.28. The van der Waals surface area contributed by atoms with Gasteiger partial charge in [-0.1, -0.05) is 19.1 Å². The molecule has 0 aliphatic rings. The van der Waals surface area contributed by atoms with Crippen LogP contribution in [0.25, 0.3) is 0 Å². The van der Waals surface area contributed by atoms with E-state index in [4.69, 9.17) is 4.74 Å². The molecule has 0 aliphatic carbocycles. The highest BCUT2D eigenvalue weighted by Gasteiger charge is 2.04. The number of nitrogens with one attached hydrogen (secondary N) is 1. The zero-order chi connectivity index (χ0) is 15.1. The Morgan fingerprint density at radius 3 is 2.38 bits per heavy atom. The van der Waals surface area contributed by atoms with Crippen LogP contribution in [0, 0.1) is 3.57 Å². The molecule has 0 saturated carbocycles. The lowest BCUT2D eigenvalue weighted by molar-refractivity contribution is 0.0947. The molecule has 21 heavy (non-hydrogen) atoms. The second-order valence-corrected chi connectivity index (χ2v) is 5.85. The SMILES string of the molecule is CCc1ccc(OCCNC(=O)c2ccc(I)cc2)cc1. The lowest BCUT2D eigenvalue weighted by Gasteiger charge is -2.08. The molecule has 4 heteroatoms. The van der Waals surface area contributed by atoms with Crippen molar-refractivity contribution in [3.8, 4) is 5.75 Å². The predicted octanol–water partition coefficient (Wildman–Crippen LogP) is 3.66. The molecule has 1 N–H and O–H groups in total. The van der Waals surface area contributed by atoms with E-state index in [1.54, 1.807) is 0 Å². The molecule has 3 nitrogen and oxygen atoms in total. The second kappa shape index (κ2) is 8.02. The van der Waals surface area contributed by atoms with Gasteiger partial charge in [0.25, 0.3) is 5.91 Å². The number of rotatable bonds is 6. The van der Waals surface area contributed by atoms with E-state index in [9.17, 15) is 4.79 Å². The molecule has 0 bridgehead atoms. The fraction of sp³-hybridized carbons (Fsp3) is 0.235. The van der Waals surface area contributed by atoms with E-state index in [1.807, 2.05) is 36.4 Å². The van der Waals surface area contributed by atoms with Crippen molar-refractivity contribution < 1.29 is 9.53 Å². The summed E-state index contributed by atoms with van der Waals surface area (Å²) in [5.41, 5.74) is 1.96. The first kappa shape index (κ1) is 15.8. The molecule has 0 unspecified atom stereocenters. The molecule has 0 spiro atoms. The lowest BCUT2D eigenvalue weighted by atomic mass is 10.2. The average Bonchev–Trinajstić information content (AvgIpc) is 2.52. The zero-order valence-corrected chi connectivity index (χ0v) is 14.1. The number of ether oxygens (including phenoxy) is 1. The summed E-state index contributed by atoms with van der Waals surface area (Å²) >= 11 is 2.21. The summed E-state index contributed by atoms with van der Waals surface area (Å²) in [5.74, 6) is 0.757. The highest BCUT2D eigenvalue weighted by molar-refractivity contribution is 14.1. The molecule has 2 aromatic carbocycles. The number of amides is 1. The minimum Gasteiger partial charge on any atom is -0.492 e. The van der Waals surface area contributed by atoms with Gasteiger partial charge in [0.15, 0.2) is 0 Å². The largest absolute Gasteiger partial charge is 0.492 e. The molecule has 0 aromatic heterocycles. The van der Waals surface area contributed by atoms with Gasteiger partial charge in [0.05, 0.1) is 6.54 Å². The Morgan fingerprint density at radius 1 is 1.10 bits per heavy atom. The van der Waals surface area contributed by atoms with Crippen molar-refractivity contribution in [1.82, 2.24) is 5.32 Å². The van der Waals surface area contributed by atoms with Gasteiger partial charge in [-0.3, -0.25) is 4.79 Å². The van der Waals surface area contributed by atoms with Gasteiger partial charge < -0.3 is 10.1 Å². The summed E-state index contributed by atoms with van der Waals surface area (Å²) < 4.78 is 6.71. The van der Waals surface area contributed by atoms with Crippen molar-refractivity contribution in [3.05, 3.63) is 63.2 Å². The first-order valence-corrected chi connectivity index (χ1v) is 8.02. The average molecular weight is 395 g/mol. The molecule has 0 saturated heterocycles. The Morgan fingerprint density at radius 2 is 1.76 bits per heavy atom. The van der Waals surface area contributed by atoms with Gasteiger partial charge in [-0.05, 0) is 71.0 Å². The van der Waals surface area contributed by atoms with Crippen molar-refractivity contribution in [1.29, 1.82) is 0 Å². The third-order valence-electron chi connectivity index (χ3n) is 3.09. The van der Waals surface area contributed by atoms with Crippen molar-refractivity contribution in [2.24, 2.45) is 0 Å². The van der Waals surface area contributed by atoms with E-state index in [0.29, 0.717) is 18.7 Å². The number of carbonyl (C=O) groups is 1. The van der Waals surface area contributed by atoms with Gasteiger partial charge in [-0.15, -0.1) is 0 Å². The minimum absolute atomic E-state index is 0.0728. The van der Waals surface area contributed by atoms with Crippen LogP contribution < -0.4 is 10.1 Å². The first-order valence-electron chi connectivity index (χ1n) is 6.94. The minimum atomic E-state index is -0.0728. The molecule has 0 aliphatic heterocycles. The van der Waals surface area contributed by atoms with E-state index in [2.05, 4.69) is 47.0 Å². The Balaban J connectivity index is 1.73. The van der Waals surface area contributed by atoms with Crippen LogP contribution in [0.3, 0.4) is 0 Å². The zero-order valence-electron chi connectivity index (χ0n) is 11.9. The number of aryl methyl sites for hydroxylation is 1. The number of benzene rings is 2. The predicted molar refractivity (Wildman–Crippen MR) is 92.8 cm³/mol. The van der Waals surface area contributed by atoms with E-state index in [1.165, 1.54) is 5.56 Å². The van der Waals surface area contributed by atoms with Crippen LogP contribution in [0.4, 0.5) is 0 Å². The Labute approximate surface area is 138 Å². The summed E-state index contributed by atoms with van der Waals surface area (Å²) in [6.45, 7) is 3.07. The van der Waals surface area contributed by atoms with Crippen LogP contribution in [-0.2, 0) is 6.42 Å². The van der Waals surface area contributed by atoms with E-state index < -0.39 is 0 Å². The molecule has 0 atom stereocenters. The highest BCUT2D eigenvalue weighted by Crippen LogP contribution is 2.12. The quantitative estimate of drug-likeness (QED) is 0.599. The van der Waals surface area contributed by atoms with Crippen LogP contribution in [0.15, 0.2) is 48.5 Å². The number of carbonyl (C=O) groups excluding carboxylic acids is 1. The summed E-state index contributed by atoms with van der Waals surface area (Å²) in [5, 5.41) is 2.84. The van der Waals surface area contributed by atoms with E-state index in [0.717, 1.165) is 15.7 Å². The molecule has 110 valence electrons. The Kier molecular flexibility index (Phi) is 6.04. The third kappa shape index (κ3) is 5.04. The van der Waals surface area contributed by atoms with Crippen LogP contribution in [-0.4, -0.2) is 19.1 Å². The smallest absolute Gasteiger partial charge is 0.251 e. The normalized spacial score (nSPS) is 10.2. The summed E-state index contributed by atoms with van der Waals surface area (Å²) in [6, 6.07) is 15.5. The van der Waals surface area contributed by atoms with Crippen LogP contribution in [0.1, 0.15) is 22.8 Å². The molecule has 0 fully saturated rings. The second-order valence-electron chi connectivity index (χ2n) is 4.61. The Hall–Kier alpha value is -1.56. The summed E-state index contributed by atoms with van der Waals surface area (Å²) in [7, 11) is 0. The Bertz CT molecular complexity index is 579. The van der Waals surface area contributed by atoms with Crippen LogP contribution >= 0.6 is 22.6 Å². The van der Waals surface area contributed by atoms with Gasteiger partial charge in [-0.25, -0.2) is 0 Å². The highest BCUT2D eigenvalue weighted by atomic mass is 127. The third-order valence-corrected chi connectivity index (χ3v) is 3.81. The van der Waals surface area contributed by atoms with Crippen molar-refractivity contribution in [2.45, 2.75) is 13.3 Å². The fourth-order valence-corrected chi connectivity index (χ4v) is 2.22. The molecule has 2 rings (SSSR count). The maximum absolute atomic E-state index is 11.9. The van der Waals surface area contributed by atoms with Crippen molar-refractivity contribution in [2.75, 3.05) is 13.2 Å². The topological polar surface area (TPSA) is 38.3 Å². The number of hydrogen-bond acceptors (Lipinski definition) is 2. The van der Waals surface area contributed by atoms with Gasteiger partial charge in [-0.2, -0.15) is 0 Å². The van der Waals surface area contributed by atoms with Gasteiger partial charge >= 0.3 is 0 Å². The molecule has 1 amide bonds. The number of halogens is 1. The maximum atomic E-state index is 11.9. The van der Waals surface area contributed by atoms with Crippen molar-refractivity contribution >= 4 is 28.5 Å². The molecular formula is C17H18INO2. The van der Waals surface area contributed by atoms with E-state index in [-0.39, 0.29) is 5.91 Å². The maximum Gasteiger partial charge on any atom is 0.251 e.